The molecule has 2 aromatic carbocycles. The van der Waals surface area contributed by atoms with Gasteiger partial charge >= 0.3 is 0 Å². The fourth-order valence-electron chi connectivity index (χ4n) is 3.79. The minimum absolute atomic E-state index is 0.0188. The van der Waals surface area contributed by atoms with E-state index < -0.39 is 0 Å². The van der Waals surface area contributed by atoms with Crippen LogP contribution < -0.4 is 19.7 Å². The fourth-order valence-corrected chi connectivity index (χ4v) is 3.79. The maximum absolute atomic E-state index is 13.2. The molecule has 1 N–H and O–H groups in total. The van der Waals surface area contributed by atoms with Crippen molar-refractivity contribution in [2.75, 3.05) is 37.5 Å². The molecule has 1 fully saturated rings. The number of amides is 1. The first-order valence-electron chi connectivity index (χ1n) is 10.4. The third-order valence-electron chi connectivity index (χ3n) is 5.60. The molecule has 1 aliphatic rings. The highest BCUT2D eigenvalue weighted by molar-refractivity contribution is 5.93. The molecule has 0 saturated carbocycles. The molecule has 3 aromatic rings. The SMILES string of the molecule is COc1cc(NC(=O)C2CCN(c3cc(-c4ccc(F)cc4)ncn3)CC2)cc(OC)c1. The van der Waals surface area contributed by atoms with E-state index in [1.807, 2.05) is 6.07 Å². The predicted octanol–water partition coefficient (Wildman–Crippen LogP) is 4.16. The van der Waals surface area contributed by atoms with Gasteiger partial charge in [-0.1, -0.05) is 0 Å². The number of hydrogen-bond acceptors (Lipinski definition) is 6. The van der Waals surface area contributed by atoms with E-state index in [1.165, 1.54) is 18.5 Å². The summed E-state index contributed by atoms with van der Waals surface area (Å²) in [5.74, 6) is 1.65. The van der Waals surface area contributed by atoms with Crippen molar-refractivity contribution in [2.24, 2.45) is 5.92 Å². The fraction of sp³-hybridized carbons (Fsp3) is 0.292. The highest BCUT2D eigenvalue weighted by Crippen LogP contribution is 2.28. The van der Waals surface area contributed by atoms with E-state index >= 15 is 0 Å². The van der Waals surface area contributed by atoms with E-state index in [0.29, 0.717) is 43.1 Å². The Morgan fingerprint density at radius 2 is 1.66 bits per heavy atom. The maximum atomic E-state index is 13.2. The zero-order valence-corrected chi connectivity index (χ0v) is 18.0. The summed E-state index contributed by atoms with van der Waals surface area (Å²) in [5.41, 5.74) is 2.22. The van der Waals surface area contributed by atoms with Gasteiger partial charge in [0.05, 0.1) is 19.9 Å². The van der Waals surface area contributed by atoms with E-state index in [9.17, 15) is 9.18 Å². The zero-order chi connectivity index (χ0) is 22.5. The van der Waals surface area contributed by atoms with Gasteiger partial charge in [-0.05, 0) is 37.1 Å². The lowest BCUT2D eigenvalue weighted by molar-refractivity contribution is -0.120. The van der Waals surface area contributed by atoms with Crippen molar-refractivity contribution in [3.63, 3.8) is 0 Å². The van der Waals surface area contributed by atoms with Gasteiger partial charge in [0.25, 0.3) is 0 Å². The molecule has 2 heterocycles. The van der Waals surface area contributed by atoms with Crippen LogP contribution in [0.4, 0.5) is 15.9 Å². The molecule has 1 amide bonds. The molecule has 0 unspecified atom stereocenters. The van der Waals surface area contributed by atoms with Crippen molar-refractivity contribution in [1.82, 2.24) is 9.97 Å². The first kappa shape index (κ1) is 21.5. The molecule has 0 bridgehead atoms. The number of nitrogens with zero attached hydrogens (tertiary/aromatic N) is 3. The van der Waals surface area contributed by atoms with Crippen LogP contribution >= 0.6 is 0 Å². The van der Waals surface area contributed by atoms with Gasteiger partial charge in [-0.15, -0.1) is 0 Å². The number of hydrogen-bond donors (Lipinski definition) is 1. The summed E-state index contributed by atoms with van der Waals surface area (Å²) >= 11 is 0. The summed E-state index contributed by atoms with van der Waals surface area (Å²) in [6, 6.07) is 13.4. The van der Waals surface area contributed by atoms with Crippen LogP contribution in [0.25, 0.3) is 11.3 Å². The van der Waals surface area contributed by atoms with Gasteiger partial charge < -0.3 is 19.7 Å². The number of benzene rings is 2. The van der Waals surface area contributed by atoms with Crippen molar-refractivity contribution in [1.29, 1.82) is 0 Å². The lowest BCUT2D eigenvalue weighted by Crippen LogP contribution is -2.38. The van der Waals surface area contributed by atoms with Crippen molar-refractivity contribution in [3.05, 3.63) is 60.7 Å². The predicted molar refractivity (Wildman–Crippen MR) is 121 cm³/mol. The Bertz CT molecular complexity index is 1060. The van der Waals surface area contributed by atoms with Gasteiger partial charge in [-0.25, -0.2) is 14.4 Å². The molecule has 1 saturated heterocycles. The summed E-state index contributed by atoms with van der Waals surface area (Å²) in [4.78, 5) is 23.7. The number of rotatable bonds is 6. The summed E-state index contributed by atoms with van der Waals surface area (Å²) in [7, 11) is 3.15. The van der Waals surface area contributed by atoms with Crippen LogP contribution in [0, 0.1) is 11.7 Å². The normalized spacial score (nSPS) is 14.2. The molecule has 8 heteroatoms. The molecule has 1 aliphatic heterocycles. The van der Waals surface area contributed by atoms with E-state index in [1.54, 1.807) is 44.6 Å². The Morgan fingerprint density at radius 3 is 2.28 bits per heavy atom. The lowest BCUT2D eigenvalue weighted by atomic mass is 9.95. The average molecular weight is 436 g/mol. The number of carbonyl (C=O) groups is 1. The van der Waals surface area contributed by atoms with Crippen LogP contribution in [0.2, 0.25) is 0 Å². The van der Waals surface area contributed by atoms with E-state index in [-0.39, 0.29) is 17.6 Å². The molecular formula is C24H25FN4O3. The number of anilines is 2. The third kappa shape index (κ3) is 4.96. The van der Waals surface area contributed by atoms with Crippen molar-refractivity contribution in [2.45, 2.75) is 12.8 Å². The van der Waals surface area contributed by atoms with Crippen LogP contribution in [-0.4, -0.2) is 43.2 Å². The molecule has 0 atom stereocenters. The Hall–Kier alpha value is -3.68. The minimum atomic E-state index is -0.282. The summed E-state index contributed by atoms with van der Waals surface area (Å²) in [5, 5.41) is 2.98. The second-order valence-electron chi connectivity index (χ2n) is 7.62. The molecule has 0 radical (unpaired) electrons. The van der Waals surface area contributed by atoms with Crippen LogP contribution in [0.5, 0.6) is 11.5 Å². The van der Waals surface area contributed by atoms with E-state index in [4.69, 9.17) is 9.47 Å². The van der Waals surface area contributed by atoms with Crippen molar-refractivity contribution >= 4 is 17.4 Å². The first-order chi connectivity index (χ1) is 15.6. The number of aromatic nitrogens is 2. The second-order valence-corrected chi connectivity index (χ2v) is 7.62. The van der Waals surface area contributed by atoms with Crippen LogP contribution in [-0.2, 0) is 4.79 Å². The topological polar surface area (TPSA) is 76.6 Å². The van der Waals surface area contributed by atoms with Gasteiger partial charge in [0.15, 0.2) is 0 Å². The number of nitrogens with one attached hydrogen (secondary N) is 1. The number of carbonyl (C=O) groups excluding carboxylic acids is 1. The van der Waals surface area contributed by atoms with Crippen molar-refractivity contribution < 1.29 is 18.7 Å². The summed E-state index contributed by atoms with van der Waals surface area (Å²) in [6.07, 6.45) is 2.94. The molecule has 1 aromatic heterocycles. The first-order valence-corrected chi connectivity index (χ1v) is 10.4. The smallest absolute Gasteiger partial charge is 0.227 e. The molecule has 7 nitrogen and oxygen atoms in total. The van der Waals surface area contributed by atoms with Gasteiger partial charge in [0.2, 0.25) is 5.91 Å². The monoisotopic (exact) mass is 436 g/mol. The quantitative estimate of drug-likeness (QED) is 0.626. The van der Waals surface area contributed by atoms with E-state index in [2.05, 4.69) is 20.2 Å². The zero-order valence-electron chi connectivity index (χ0n) is 18.0. The highest BCUT2D eigenvalue weighted by atomic mass is 19.1. The minimum Gasteiger partial charge on any atom is -0.497 e. The Labute approximate surface area is 186 Å². The Morgan fingerprint density at radius 1 is 1.00 bits per heavy atom. The molecule has 4 rings (SSSR count). The number of methoxy groups -OCH3 is 2. The lowest BCUT2D eigenvalue weighted by Gasteiger charge is -2.32. The summed E-state index contributed by atoms with van der Waals surface area (Å²) < 4.78 is 23.7. The third-order valence-corrected chi connectivity index (χ3v) is 5.60. The highest BCUT2D eigenvalue weighted by Gasteiger charge is 2.26. The number of halogens is 1. The van der Waals surface area contributed by atoms with Gasteiger partial charge in [-0.3, -0.25) is 4.79 Å². The van der Waals surface area contributed by atoms with Gasteiger partial charge in [0, 0.05) is 54.5 Å². The number of ether oxygens (including phenoxy) is 2. The largest absolute Gasteiger partial charge is 0.497 e. The van der Waals surface area contributed by atoms with E-state index in [0.717, 1.165) is 17.1 Å². The molecule has 32 heavy (non-hydrogen) atoms. The molecular weight excluding hydrogens is 411 g/mol. The van der Waals surface area contributed by atoms with Crippen LogP contribution in [0.15, 0.2) is 54.9 Å². The maximum Gasteiger partial charge on any atom is 0.227 e. The van der Waals surface area contributed by atoms with Gasteiger partial charge in [-0.2, -0.15) is 0 Å². The standard InChI is InChI=1S/C24H25FN4O3/c1-31-20-11-19(12-21(13-20)32-2)28-24(30)17-7-9-29(10-8-17)23-14-22(26-15-27-23)16-3-5-18(25)6-4-16/h3-6,11-15,17H,7-10H2,1-2H3,(H,28,30). The van der Waals surface area contributed by atoms with Crippen LogP contribution in [0.1, 0.15) is 12.8 Å². The van der Waals surface area contributed by atoms with Crippen molar-refractivity contribution in [3.8, 4) is 22.8 Å². The second kappa shape index (κ2) is 9.64. The summed E-state index contributed by atoms with van der Waals surface area (Å²) in [6.45, 7) is 1.42. The molecule has 166 valence electrons. The van der Waals surface area contributed by atoms with Gasteiger partial charge in [0.1, 0.15) is 29.5 Å². The Balaban J connectivity index is 1.38. The van der Waals surface area contributed by atoms with Crippen LogP contribution in [0.3, 0.4) is 0 Å². The number of piperidine rings is 1. The molecule has 0 aliphatic carbocycles. The molecule has 0 spiro atoms. The Kier molecular flexibility index (Phi) is 6.49. The average Bonchev–Trinajstić information content (AvgIpc) is 2.84.